The standard InChI is InChI=1S/C13H15F3OS/c1-2-7-18-9-12(17)8-10-3-5-11(6-4-10)13(14,15)16/h3-6H,2,7-9H2,1H3. The minimum Gasteiger partial charge on any atom is -0.298 e. The van der Waals surface area contributed by atoms with Crippen molar-refractivity contribution in [1.82, 2.24) is 0 Å². The molecule has 0 bridgehead atoms. The van der Waals surface area contributed by atoms with Gasteiger partial charge in [0, 0.05) is 6.42 Å². The number of halogens is 3. The normalized spacial score (nSPS) is 11.6. The Kier molecular flexibility index (Phi) is 5.72. The van der Waals surface area contributed by atoms with Gasteiger partial charge in [0.15, 0.2) is 0 Å². The van der Waals surface area contributed by atoms with Crippen LogP contribution in [0.2, 0.25) is 0 Å². The first-order valence-electron chi connectivity index (χ1n) is 5.69. The predicted octanol–water partition coefficient (Wildman–Crippen LogP) is 3.96. The topological polar surface area (TPSA) is 17.1 Å². The summed E-state index contributed by atoms with van der Waals surface area (Å²) in [7, 11) is 0. The summed E-state index contributed by atoms with van der Waals surface area (Å²) >= 11 is 1.56. The lowest BCUT2D eigenvalue weighted by atomic mass is 10.1. The summed E-state index contributed by atoms with van der Waals surface area (Å²) in [6.07, 6.45) is -3.10. The molecule has 1 aromatic rings. The van der Waals surface area contributed by atoms with E-state index in [9.17, 15) is 18.0 Å². The van der Waals surface area contributed by atoms with Gasteiger partial charge in [-0.3, -0.25) is 4.79 Å². The predicted molar refractivity (Wildman–Crippen MR) is 67.8 cm³/mol. The molecule has 1 nitrogen and oxygen atoms in total. The zero-order valence-corrected chi connectivity index (χ0v) is 10.9. The molecule has 1 aromatic carbocycles. The first kappa shape index (κ1) is 15.1. The molecule has 0 saturated heterocycles. The number of carbonyl (C=O) groups excluding carboxylic acids is 1. The van der Waals surface area contributed by atoms with E-state index in [1.54, 1.807) is 11.8 Å². The van der Waals surface area contributed by atoms with Crippen molar-refractivity contribution in [3.8, 4) is 0 Å². The Hall–Kier alpha value is -0.970. The van der Waals surface area contributed by atoms with Gasteiger partial charge in [-0.05, 0) is 29.9 Å². The minimum absolute atomic E-state index is 0.0493. The van der Waals surface area contributed by atoms with Gasteiger partial charge in [0.2, 0.25) is 0 Å². The van der Waals surface area contributed by atoms with E-state index in [-0.39, 0.29) is 12.2 Å². The van der Waals surface area contributed by atoms with E-state index in [0.717, 1.165) is 24.3 Å². The first-order chi connectivity index (χ1) is 8.43. The fourth-order valence-electron chi connectivity index (χ4n) is 1.42. The zero-order chi connectivity index (χ0) is 13.6. The molecule has 0 amide bonds. The number of hydrogen-bond acceptors (Lipinski definition) is 2. The van der Waals surface area contributed by atoms with Crippen LogP contribution in [0.15, 0.2) is 24.3 Å². The highest BCUT2D eigenvalue weighted by molar-refractivity contribution is 7.99. The third kappa shape index (κ3) is 5.12. The van der Waals surface area contributed by atoms with Crippen molar-refractivity contribution >= 4 is 17.5 Å². The Labute approximate surface area is 109 Å². The lowest BCUT2D eigenvalue weighted by molar-refractivity contribution is -0.137. The quantitative estimate of drug-likeness (QED) is 0.732. The van der Waals surface area contributed by atoms with Crippen molar-refractivity contribution in [2.75, 3.05) is 11.5 Å². The van der Waals surface area contributed by atoms with Crippen LogP contribution in [-0.4, -0.2) is 17.3 Å². The van der Waals surface area contributed by atoms with Gasteiger partial charge in [0.05, 0.1) is 11.3 Å². The number of benzene rings is 1. The van der Waals surface area contributed by atoms with Gasteiger partial charge in [-0.25, -0.2) is 0 Å². The second kappa shape index (κ2) is 6.83. The van der Waals surface area contributed by atoms with E-state index in [1.807, 2.05) is 6.92 Å². The number of Topliss-reactive ketones (excluding diaryl/α,β-unsaturated/α-hetero) is 1. The Bertz CT molecular complexity index is 384. The molecule has 18 heavy (non-hydrogen) atoms. The number of hydrogen-bond donors (Lipinski definition) is 0. The molecule has 0 heterocycles. The molecule has 0 radical (unpaired) electrons. The molecule has 0 saturated carbocycles. The summed E-state index contributed by atoms with van der Waals surface area (Å²) in [4.78, 5) is 11.5. The maximum Gasteiger partial charge on any atom is 0.416 e. The van der Waals surface area contributed by atoms with Gasteiger partial charge in [-0.2, -0.15) is 24.9 Å². The van der Waals surface area contributed by atoms with Crippen molar-refractivity contribution < 1.29 is 18.0 Å². The molecular formula is C13H15F3OS. The monoisotopic (exact) mass is 276 g/mol. The van der Waals surface area contributed by atoms with Crippen LogP contribution in [0.25, 0.3) is 0 Å². The molecule has 0 atom stereocenters. The number of alkyl halides is 3. The average molecular weight is 276 g/mol. The number of carbonyl (C=O) groups is 1. The van der Waals surface area contributed by atoms with Crippen molar-refractivity contribution in [2.24, 2.45) is 0 Å². The third-order valence-corrected chi connectivity index (χ3v) is 3.52. The maximum absolute atomic E-state index is 12.3. The van der Waals surface area contributed by atoms with Gasteiger partial charge in [0.1, 0.15) is 5.78 Å². The highest BCUT2D eigenvalue weighted by atomic mass is 32.2. The Balaban J connectivity index is 2.51. The Morgan fingerprint density at radius 3 is 2.33 bits per heavy atom. The van der Waals surface area contributed by atoms with Crippen LogP contribution in [0.3, 0.4) is 0 Å². The molecule has 1 rings (SSSR count). The van der Waals surface area contributed by atoms with Crippen molar-refractivity contribution in [2.45, 2.75) is 25.9 Å². The van der Waals surface area contributed by atoms with E-state index in [2.05, 4.69) is 0 Å². The minimum atomic E-state index is -4.32. The molecule has 100 valence electrons. The van der Waals surface area contributed by atoms with Gasteiger partial charge < -0.3 is 0 Å². The molecule has 0 fully saturated rings. The molecule has 0 unspecified atom stereocenters. The van der Waals surface area contributed by atoms with Crippen molar-refractivity contribution in [1.29, 1.82) is 0 Å². The Morgan fingerprint density at radius 1 is 1.22 bits per heavy atom. The van der Waals surface area contributed by atoms with E-state index in [4.69, 9.17) is 0 Å². The van der Waals surface area contributed by atoms with Crippen LogP contribution < -0.4 is 0 Å². The van der Waals surface area contributed by atoms with Gasteiger partial charge in [-0.15, -0.1) is 0 Å². The van der Waals surface area contributed by atoms with Crippen LogP contribution in [0, 0.1) is 0 Å². The van der Waals surface area contributed by atoms with Crippen LogP contribution in [0.4, 0.5) is 13.2 Å². The smallest absolute Gasteiger partial charge is 0.298 e. The van der Waals surface area contributed by atoms with Gasteiger partial charge >= 0.3 is 6.18 Å². The summed E-state index contributed by atoms with van der Waals surface area (Å²) in [6, 6.07) is 4.76. The average Bonchev–Trinajstić information content (AvgIpc) is 2.29. The SMILES string of the molecule is CCCSCC(=O)Cc1ccc(C(F)(F)F)cc1. The largest absolute Gasteiger partial charge is 0.416 e. The van der Waals surface area contributed by atoms with E-state index in [1.165, 1.54) is 12.1 Å². The molecule has 0 aliphatic heterocycles. The number of ketones is 1. The molecule has 0 aliphatic carbocycles. The summed E-state index contributed by atoms with van der Waals surface area (Å²) in [5.74, 6) is 1.40. The van der Waals surface area contributed by atoms with Crippen molar-refractivity contribution in [3.05, 3.63) is 35.4 Å². The second-order valence-corrected chi connectivity index (χ2v) is 5.07. The molecular weight excluding hydrogens is 261 g/mol. The van der Waals surface area contributed by atoms with E-state index in [0.29, 0.717) is 11.3 Å². The van der Waals surface area contributed by atoms with E-state index < -0.39 is 11.7 Å². The molecule has 0 aromatic heterocycles. The summed E-state index contributed by atoms with van der Waals surface area (Å²) in [5.41, 5.74) is -0.0517. The van der Waals surface area contributed by atoms with Crippen LogP contribution in [0.5, 0.6) is 0 Å². The summed E-state index contributed by atoms with van der Waals surface area (Å²) < 4.78 is 37.0. The highest BCUT2D eigenvalue weighted by Gasteiger charge is 2.29. The van der Waals surface area contributed by atoms with Crippen molar-refractivity contribution in [3.63, 3.8) is 0 Å². The maximum atomic E-state index is 12.3. The van der Waals surface area contributed by atoms with E-state index >= 15 is 0 Å². The lowest BCUT2D eigenvalue weighted by Crippen LogP contribution is -2.08. The number of thioether (sulfide) groups is 1. The fourth-order valence-corrected chi connectivity index (χ4v) is 2.18. The highest BCUT2D eigenvalue weighted by Crippen LogP contribution is 2.29. The third-order valence-electron chi connectivity index (χ3n) is 2.29. The molecule has 0 aliphatic rings. The zero-order valence-electron chi connectivity index (χ0n) is 10.1. The summed E-state index contributed by atoms with van der Waals surface area (Å²) in [6.45, 7) is 2.04. The summed E-state index contributed by atoms with van der Waals surface area (Å²) in [5, 5.41) is 0. The van der Waals surface area contributed by atoms with Crippen LogP contribution in [0.1, 0.15) is 24.5 Å². The van der Waals surface area contributed by atoms with Crippen LogP contribution >= 0.6 is 11.8 Å². The van der Waals surface area contributed by atoms with Crippen LogP contribution in [-0.2, 0) is 17.4 Å². The molecule has 0 N–H and O–H groups in total. The molecule has 0 spiro atoms. The fraction of sp³-hybridized carbons (Fsp3) is 0.462. The van der Waals surface area contributed by atoms with Gasteiger partial charge in [-0.1, -0.05) is 19.1 Å². The first-order valence-corrected chi connectivity index (χ1v) is 6.84. The van der Waals surface area contributed by atoms with Gasteiger partial charge in [0.25, 0.3) is 0 Å². The number of rotatable bonds is 6. The molecule has 5 heteroatoms. The Morgan fingerprint density at radius 2 is 1.83 bits per heavy atom. The lowest BCUT2D eigenvalue weighted by Gasteiger charge is -2.07. The second-order valence-electron chi connectivity index (χ2n) is 3.96.